The molecule has 2 bridgehead atoms. The first-order chi connectivity index (χ1) is 29.9. The average Bonchev–Trinajstić information content (AvgIpc) is 3.25. The van der Waals surface area contributed by atoms with Gasteiger partial charge < -0.3 is 44.5 Å². The minimum atomic E-state index is -2.21. The van der Waals surface area contributed by atoms with Crippen LogP contribution in [0.2, 0.25) is 0 Å². The highest BCUT2D eigenvalue weighted by Gasteiger charge is 2.73. The molecule has 2 saturated carbocycles. The standard InChI is InChI=1S/C48H54N2O13/c1-26-33(61-45(57)40(62-35(53)24-49-6)38(28-16-10-7-11-17-28)50-43(55)29-18-12-8-13-19-29)23-48(58)42(63-44(56)30-20-14-9-15-21-30)37-31-25-59-32(31)22-34(52)47(37,5)41(54)39(60-27(2)51)36(26)46(48,3)4/h7-21,31-34,37-40,42,49,52,58H,22-25H2,1-6H3,(H,50,55)/t31-,32-,33+,34+,37?,38+,39-,40-,42+,47-,48-/m1/s1. The van der Waals surface area contributed by atoms with Crippen LogP contribution < -0.4 is 10.6 Å². The molecule has 3 fully saturated rings. The quantitative estimate of drug-likeness (QED) is 0.116. The molecule has 11 atom stereocenters. The summed E-state index contributed by atoms with van der Waals surface area (Å²) in [6.07, 6.45) is -8.77. The van der Waals surface area contributed by atoms with E-state index < -0.39 is 113 Å². The van der Waals surface area contributed by atoms with Crippen LogP contribution in [0.4, 0.5) is 0 Å². The Bertz CT molecular complexity index is 2270. The Morgan fingerprint density at radius 3 is 2.05 bits per heavy atom. The maximum absolute atomic E-state index is 15.4. The van der Waals surface area contributed by atoms with E-state index >= 15 is 4.79 Å². The molecule has 1 aliphatic heterocycles. The predicted molar refractivity (Wildman–Crippen MR) is 224 cm³/mol. The first-order valence-electron chi connectivity index (χ1n) is 21.1. The van der Waals surface area contributed by atoms with Crippen molar-refractivity contribution >= 4 is 35.6 Å². The molecule has 0 radical (unpaired) electrons. The molecule has 3 aromatic carbocycles. The van der Waals surface area contributed by atoms with Gasteiger partial charge in [-0.1, -0.05) is 80.6 Å². The second kappa shape index (κ2) is 17.8. The normalized spacial score (nSPS) is 30.3. The molecule has 0 aromatic heterocycles. The van der Waals surface area contributed by atoms with Gasteiger partial charge in [0.2, 0.25) is 6.10 Å². The number of likely N-dealkylation sites (N-methyl/N-ethyl adjacent to an activating group) is 1. The zero-order chi connectivity index (χ0) is 45.4. The average molecular weight is 867 g/mol. The van der Waals surface area contributed by atoms with E-state index in [2.05, 4.69) is 10.6 Å². The van der Waals surface area contributed by atoms with E-state index in [4.69, 9.17) is 23.7 Å². The van der Waals surface area contributed by atoms with Crippen molar-refractivity contribution in [3.8, 4) is 0 Å². The van der Waals surface area contributed by atoms with Gasteiger partial charge in [-0.3, -0.25) is 19.2 Å². The van der Waals surface area contributed by atoms with Crippen molar-refractivity contribution in [3.63, 3.8) is 0 Å². The summed E-state index contributed by atoms with van der Waals surface area (Å²) in [5, 5.41) is 31.1. The Morgan fingerprint density at radius 2 is 1.48 bits per heavy atom. The summed E-state index contributed by atoms with van der Waals surface area (Å²) >= 11 is 0. The number of amides is 1. The number of rotatable bonds is 12. The van der Waals surface area contributed by atoms with E-state index in [0.29, 0.717) is 5.56 Å². The number of benzene rings is 3. The molecule has 15 heteroatoms. The van der Waals surface area contributed by atoms with Crippen molar-refractivity contribution in [2.24, 2.45) is 22.7 Å². The molecule has 334 valence electrons. The first kappa shape index (κ1) is 45.3. The number of esters is 4. The number of ether oxygens (including phenoxy) is 5. The number of nitrogens with one attached hydrogen (secondary N) is 2. The van der Waals surface area contributed by atoms with Gasteiger partial charge in [-0.15, -0.1) is 0 Å². The van der Waals surface area contributed by atoms with Crippen molar-refractivity contribution in [1.29, 1.82) is 0 Å². The molecule has 3 aromatic rings. The number of hydrogen-bond acceptors (Lipinski definition) is 14. The van der Waals surface area contributed by atoms with Crippen LogP contribution >= 0.6 is 0 Å². The SMILES string of the molecule is CNCC(=O)O[C@@H](C(=O)O[C@H]1C[C@@]2(O)[C@@H](OC(=O)c3ccccc3)C3[C@@H]4CO[C@@H]4C[C@H](O)[C@@]3(C)C(=O)[C@H](OC(C)=O)C(=C1C)C2(C)C)[C@@H](NC(=O)c1ccccc1)c1ccccc1. The number of Topliss-reactive ketones (excluding diaryl/α,β-unsaturated/α-hetero) is 1. The molecule has 1 amide bonds. The molecule has 15 nitrogen and oxygen atoms in total. The number of aliphatic hydroxyl groups is 2. The summed E-state index contributed by atoms with van der Waals surface area (Å²) in [5.41, 5.74) is -4.38. The highest BCUT2D eigenvalue weighted by Crippen LogP contribution is 2.62. The van der Waals surface area contributed by atoms with E-state index in [1.54, 1.807) is 119 Å². The number of aliphatic hydroxyl groups excluding tert-OH is 1. The summed E-state index contributed by atoms with van der Waals surface area (Å²) in [6, 6.07) is 23.5. The Kier molecular flexibility index (Phi) is 12.8. The lowest BCUT2D eigenvalue weighted by atomic mass is 9.46. The highest BCUT2D eigenvalue weighted by molar-refractivity contribution is 5.96. The molecular weight excluding hydrogens is 813 g/mol. The number of ketones is 1. The van der Waals surface area contributed by atoms with E-state index in [1.807, 2.05) is 0 Å². The number of hydrogen-bond donors (Lipinski definition) is 4. The highest BCUT2D eigenvalue weighted by atomic mass is 16.6. The third kappa shape index (κ3) is 8.18. The fourth-order valence-electron chi connectivity index (χ4n) is 10.2. The van der Waals surface area contributed by atoms with Crippen LogP contribution in [0.25, 0.3) is 0 Å². The second-order valence-corrected chi connectivity index (χ2v) is 17.6. The molecule has 1 heterocycles. The van der Waals surface area contributed by atoms with Gasteiger partial charge in [0.05, 0.1) is 36.3 Å². The van der Waals surface area contributed by atoms with Crippen LogP contribution in [0.15, 0.2) is 102 Å². The third-order valence-corrected chi connectivity index (χ3v) is 13.7. The van der Waals surface area contributed by atoms with Gasteiger partial charge in [0.1, 0.15) is 23.9 Å². The maximum Gasteiger partial charge on any atom is 0.350 e. The van der Waals surface area contributed by atoms with Gasteiger partial charge in [0, 0.05) is 42.6 Å². The van der Waals surface area contributed by atoms with E-state index in [0.717, 1.165) is 6.92 Å². The van der Waals surface area contributed by atoms with Crippen molar-refractivity contribution < 1.29 is 62.7 Å². The molecule has 4 aliphatic rings. The molecule has 63 heavy (non-hydrogen) atoms. The molecular formula is C48H54N2O13. The number of carbonyl (C=O) groups is 6. The van der Waals surface area contributed by atoms with Crippen LogP contribution in [-0.4, -0.2) is 108 Å². The fraction of sp³-hybridized carbons (Fsp3) is 0.458. The summed E-state index contributed by atoms with van der Waals surface area (Å²) in [5.74, 6) is -6.48. The topological polar surface area (TPSA) is 213 Å². The Balaban J connectivity index is 1.38. The minimum Gasteiger partial charge on any atom is -0.455 e. The lowest BCUT2D eigenvalue weighted by molar-refractivity contribution is -0.277. The zero-order valence-corrected chi connectivity index (χ0v) is 36.1. The number of carbonyl (C=O) groups excluding carboxylic acids is 6. The van der Waals surface area contributed by atoms with Crippen LogP contribution in [0.5, 0.6) is 0 Å². The Labute approximate surface area is 365 Å². The van der Waals surface area contributed by atoms with E-state index in [1.165, 1.54) is 7.05 Å². The van der Waals surface area contributed by atoms with Crippen molar-refractivity contribution in [3.05, 3.63) is 119 Å². The zero-order valence-electron chi connectivity index (χ0n) is 36.1. The predicted octanol–water partition coefficient (Wildman–Crippen LogP) is 3.82. The summed E-state index contributed by atoms with van der Waals surface area (Å²) in [6.45, 7) is 7.34. The smallest absolute Gasteiger partial charge is 0.350 e. The van der Waals surface area contributed by atoms with Crippen LogP contribution in [-0.2, 0) is 42.9 Å². The molecule has 3 aliphatic carbocycles. The van der Waals surface area contributed by atoms with Crippen LogP contribution in [0.3, 0.4) is 0 Å². The summed E-state index contributed by atoms with van der Waals surface area (Å²) < 4.78 is 30.4. The van der Waals surface area contributed by atoms with Gasteiger partial charge in [-0.05, 0) is 61.9 Å². The van der Waals surface area contributed by atoms with Gasteiger partial charge in [-0.2, -0.15) is 0 Å². The van der Waals surface area contributed by atoms with Crippen LogP contribution in [0.1, 0.15) is 79.8 Å². The lowest BCUT2D eigenvalue weighted by Crippen LogP contribution is -2.75. The van der Waals surface area contributed by atoms with Crippen molar-refractivity contribution in [1.82, 2.24) is 10.6 Å². The van der Waals surface area contributed by atoms with Crippen molar-refractivity contribution in [2.45, 2.75) is 95.7 Å². The van der Waals surface area contributed by atoms with Gasteiger partial charge >= 0.3 is 23.9 Å². The number of fused-ring (bicyclic) bond motifs is 5. The van der Waals surface area contributed by atoms with Crippen LogP contribution in [0, 0.1) is 22.7 Å². The van der Waals surface area contributed by atoms with Gasteiger partial charge in [0.25, 0.3) is 5.91 Å². The van der Waals surface area contributed by atoms with Gasteiger partial charge in [-0.25, -0.2) is 9.59 Å². The Morgan fingerprint density at radius 1 is 0.873 bits per heavy atom. The second-order valence-electron chi connectivity index (χ2n) is 17.6. The molecule has 0 spiro atoms. The molecule has 4 N–H and O–H groups in total. The van der Waals surface area contributed by atoms with E-state index in [-0.39, 0.29) is 41.8 Å². The molecule has 1 saturated heterocycles. The monoisotopic (exact) mass is 866 g/mol. The Hall–Kier alpha value is -5.74. The largest absolute Gasteiger partial charge is 0.455 e. The summed E-state index contributed by atoms with van der Waals surface area (Å²) in [7, 11) is 1.51. The minimum absolute atomic E-state index is 0.0622. The lowest BCUT2D eigenvalue weighted by Gasteiger charge is -2.64. The van der Waals surface area contributed by atoms with E-state index in [9.17, 15) is 34.2 Å². The molecule has 1 unspecified atom stereocenters. The molecule has 7 rings (SSSR count). The van der Waals surface area contributed by atoms with Crippen molar-refractivity contribution in [2.75, 3.05) is 20.2 Å². The summed E-state index contributed by atoms with van der Waals surface area (Å²) in [4.78, 5) is 84.4. The first-order valence-corrected chi connectivity index (χ1v) is 21.1. The maximum atomic E-state index is 15.4. The third-order valence-electron chi connectivity index (χ3n) is 13.7. The fourth-order valence-corrected chi connectivity index (χ4v) is 10.2. The van der Waals surface area contributed by atoms with Gasteiger partial charge in [0.15, 0.2) is 11.9 Å².